The van der Waals surface area contributed by atoms with E-state index in [1.165, 1.54) is 0 Å². The first kappa shape index (κ1) is 21.9. The molecule has 0 bridgehead atoms. The fourth-order valence-electron chi connectivity index (χ4n) is 3.60. The number of hydrogen-bond acceptors (Lipinski definition) is 3. The van der Waals surface area contributed by atoms with E-state index in [1.807, 2.05) is 58.2 Å². The average molecular weight is 387 g/mol. The quantitative estimate of drug-likeness (QED) is 0.648. The van der Waals surface area contributed by atoms with Gasteiger partial charge in [0.25, 0.3) is 5.91 Å². The standard InChI is InChI=1S/C22H31N3O3/c1-15-7-9-19(10-8-15)23-22(27)13-24(5)12-21(26)20-11-16(2)25(18(20)4)17(3)14-28-6/h7-11,17H,12-14H2,1-6H3,(H,23,27)/p+1/t17-/m1/s1. The number of anilines is 1. The van der Waals surface area contributed by atoms with Crippen LogP contribution >= 0.6 is 0 Å². The van der Waals surface area contributed by atoms with Gasteiger partial charge in [-0.05, 0) is 45.9 Å². The number of aromatic nitrogens is 1. The molecule has 28 heavy (non-hydrogen) atoms. The third kappa shape index (κ3) is 5.53. The van der Waals surface area contributed by atoms with Crippen molar-refractivity contribution in [3.05, 3.63) is 52.8 Å². The van der Waals surface area contributed by atoms with Crippen molar-refractivity contribution in [3.63, 3.8) is 0 Å². The summed E-state index contributed by atoms with van der Waals surface area (Å²) in [5.74, 6) is -0.0575. The highest BCUT2D eigenvalue weighted by Gasteiger charge is 2.22. The first-order valence-electron chi connectivity index (χ1n) is 9.61. The molecule has 0 fully saturated rings. The van der Waals surface area contributed by atoms with Crippen LogP contribution in [0.1, 0.15) is 40.3 Å². The number of amides is 1. The van der Waals surface area contributed by atoms with Crippen LogP contribution in [0.15, 0.2) is 30.3 Å². The molecule has 0 aliphatic rings. The van der Waals surface area contributed by atoms with Gasteiger partial charge in [0.05, 0.1) is 19.7 Å². The molecule has 6 nitrogen and oxygen atoms in total. The number of quaternary nitrogens is 1. The lowest BCUT2D eigenvalue weighted by atomic mass is 10.1. The molecule has 2 rings (SSSR count). The number of likely N-dealkylation sites (N-methyl/N-ethyl adjacent to an activating group) is 1. The lowest BCUT2D eigenvalue weighted by Gasteiger charge is -2.18. The van der Waals surface area contributed by atoms with E-state index in [2.05, 4.69) is 16.8 Å². The predicted octanol–water partition coefficient (Wildman–Crippen LogP) is 1.96. The summed E-state index contributed by atoms with van der Waals surface area (Å²) in [6.45, 7) is 9.14. The van der Waals surface area contributed by atoms with Crippen LogP contribution in [0.5, 0.6) is 0 Å². The number of Topliss-reactive ketones (excluding diaryl/α,β-unsaturated/α-hetero) is 1. The van der Waals surface area contributed by atoms with E-state index in [0.29, 0.717) is 6.61 Å². The van der Waals surface area contributed by atoms with Crippen molar-refractivity contribution in [2.75, 3.05) is 39.2 Å². The number of hydrogen-bond donors (Lipinski definition) is 2. The zero-order chi connectivity index (χ0) is 20.8. The fourth-order valence-corrected chi connectivity index (χ4v) is 3.60. The van der Waals surface area contributed by atoms with Crippen molar-refractivity contribution in [2.45, 2.75) is 33.7 Å². The van der Waals surface area contributed by atoms with Crippen LogP contribution in [0.4, 0.5) is 5.69 Å². The molecule has 0 spiro atoms. The molecule has 1 heterocycles. The molecule has 6 heteroatoms. The third-order valence-corrected chi connectivity index (χ3v) is 4.89. The number of rotatable bonds is 9. The Morgan fingerprint density at radius 3 is 2.39 bits per heavy atom. The van der Waals surface area contributed by atoms with E-state index in [9.17, 15) is 9.59 Å². The van der Waals surface area contributed by atoms with Gasteiger partial charge in [-0.25, -0.2) is 0 Å². The number of carbonyl (C=O) groups excluding carboxylic acids is 2. The minimum absolute atomic E-state index is 0.0459. The highest BCUT2D eigenvalue weighted by atomic mass is 16.5. The Hall–Kier alpha value is -2.44. The summed E-state index contributed by atoms with van der Waals surface area (Å²) in [7, 11) is 3.54. The lowest BCUT2D eigenvalue weighted by Crippen LogP contribution is -3.11. The maximum absolute atomic E-state index is 12.8. The Labute approximate surface area is 167 Å². The molecule has 1 unspecified atom stereocenters. The number of carbonyl (C=O) groups is 2. The van der Waals surface area contributed by atoms with E-state index < -0.39 is 0 Å². The molecule has 0 aliphatic heterocycles. The molecule has 2 aromatic rings. The summed E-state index contributed by atoms with van der Waals surface area (Å²) in [6, 6.07) is 9.76. The minimum Gasteiger partial charge on any atom is -0.383 e. The normalized spacial score (nSPS) is 13.2. The summed E-state index contributed by atoms with van der Waals surface area (Å²) in [5, 5.41) is 2.88. The SMILES string of the molecule is COC[C@@H](C)n1c(C)cc(C(=O)C[NH+](C)CC(=O)Nc2ccc(C)cc2)c1C. The van der Waals surface area contributed by atoms with E-state index in [1.54, 1.807) is 7.11 Å². The van der Waals surface area contributed by atoms with E-state index in [0.717, 1.165) is 33.1 Å². The van der Waals surface area contributed by atoms with Crippen LogP contribution in [0, 0.1) is 20.8 Å². The smallest absolute Gasteiger partial charge is 0.279 e. The second-order valence-electron chi connectivity index (χ2n) is 7.61. The maximum Gasteiger partial charge on any atom is 0.279 e. The second kappa shape index (κ2) is 9.66. The van der Waals surface area contributed by atoms with Crippen molar-refractivity contribution in [3.8, 4) is 0 Å². The Morgan fingerprint density at radius 2 is 1.79 bits per heavy atom. The molecule has 0 radical (unpaired) electrons. The van der Waals surface area contributed by atoms with Crippen LogP contribution in [0.2, 0.25) is 0 Å². The van der Waals surface area contributed by atoms with Crippen LogP contribution in [-0.2, 0) is 9.53 Å². The molecular weight excluding hydrogens is 354 g/mol. The van der Waals surface area contributed by atoms with Gasteiger partial charge in [-0.1, -0.05) is 17.7 Å². The average Bonchev–Trinajstić information content (AvgIpc) is 2.91. The predicted molar refractivity (Wildman–Crippen MR) is 111 cm³/mol. The zero-order valence-electron chi connectivity index (χ0n) is 17.8. The molecule has 152 valence electrons. The van der Waals surface area contributed by atoms with Gasteiger partial charge in [0, 0.05) is 29.7 Å². The van der Waals surface area contributed by atoms with Gasteiger partial charge >= 0.3 is 0 Å². The van der Waals surface area contributed by atoms with Gasteiger partial charge in [0.2, 0.25) is 5.78 Å². The summed E-state index contributed by atoms with van der Waals surface area (Å²) < 4.78 is 7.38. The maximum atomic E-state index is 12.8. The Bertz CT molecular complexity index is 824. The molecule has 0 aliphatic carbocycles. The molecular formula is C22H32N3O3+. The number of ketones is 1. The van der Waals surface area contributed by atoms with E-state index in [-0.39, 0.29) is 30.8 Å². The highest BCUT2D eigenvalue weighted by molar-refractivity contribution is 5.98. The monoisotopic (exact) mass is 386 g/mol. The summed E-state index contributed by atoms with van der Waals surface area (Å²) in [6.07, 6.45) is 0. The van der Waals surface area contributed by atoms with Crippen LogP contribution < -0.4 is 10.2 Å². The molecule has 1 aromatic heterocycles. The van der Waals surface area contributed by atoms with Gasteiger partial charge in [-0.15, -0.1) is 0 Å². The highest BCUT2D eigenvalue weighted by Crippen LogP contribution is 2.20. The Morgan fingerprint density at radius 1 is 1.14 bits per heavy atom. The first-order valence-corrected chi connectivity index (χ1v) is 9.61. The number of nitrogens with zero attached hydrogens (tertiary/aromatic N) is 1. The Kier molecular flexibility index (Phi) is 7.54. The second-order valence-corrected chi connectivity index (χ2v) is 7.61. The van der Waals surface area contributed by atoms with Crippen LogP contribution in [0.3, 0.4) is 0 Å². The van der Waals surface area contributed by atoms with Crippen molar-refractivity contribution in [1.29, 1.82) is 0 Å². The van der Waals surface area contributed by atoms with Crippen molar-refractivity contribution in [1.82, 2.24) is 4.57 Å². The van der Waals surface area contributed by atoms with Crippen molar-refractivity contribution >= 4 is 17.4 Å². The number of ether oxygens (including phenoxy) is 1. The lowest BCUT2D eigenvalue weighted by molar-refractivity contribution is -0.861. The number of aryl methyl sites for hydroxylation is 2. The van der Waals surface area contributed by atoms with Gasteiger partial charge in [-0.3, -0.25) is 9.59 Å². The van der Waals surface area contributed by atoms with Gasteiger partial charge < -0.3 is 19.5 Å². The summed E-state index contributed by atoms with van der Waals surface area (Å²) >= 11 is 0. The minimum atomic E-state index is -0.103. The number of nitrogens with one attached hydrogen (secondary N) is 2. The van der Waals surface area contributed by atoms with E-state index in [4.69, 9.17) is 4.74 Å². The first-order chi connectivity index (χ1) is 13.2. The van der Waals surface area contributed by atoms with Gasteiger partial charge in [-0.2, -0.15) is 0 Å². The van der Waals surface area contributed by atoms with Crippen LogP contribution in [-0.4, -0.2) is 50.1 Å². The van der Waals surface area contributed by atoms with Crippen LogP contribution in [0.25, 0.3) is 0 Å². The summed E-state index contributed by atoms with van der Waals surface area (Å²) in [5.41, 5.74) is 4.62. The molecule has 1 amide bonds. The largest absolute Gasteiger partial charge is 0.383 e. The van der Waals surface area contributed by atoms with Crippen molar-refractivity contribution < 1.29 is 19.2 Å². The van der Waals surface area contributed by atoms with Gasteiger partial charge in [0.15, 0.2) is 6.54 Å². The zero-order valence-corrected chi connectivity index (χ0v) is 17.8. The molecule has 2 N–H and O–H groups in total. The molecule has 1 aromatic carbocycles. The molecule has 2 atom stereocenters. The fraction of sp³-hybridized carbons (Fsp3) is 0.455. The third-order valence-electron chi connectivity index (χ3n) is 4.89. The number of methoxy groups -OCH3 is 1. The Balaban J connectivity index is 1.97. The topological polar surface area (TPSA) is 64.8 Å². The summed E-state index contributed by atoms with van der Waals surface area (Å²) in [4.78, 5) is 25.9. The molecule has 0 saturated heterocycles. The van der Waals surface area contributed by atoms with Gasteiger partial charge in [0.1, 0.15) is 6.54 Å². The van der Waals surface area contributed by atoms with Crippen molar-refractivity contribution in [2.24, 2.45) is 0 Å². The molecule has 0 saturated carbocycles. The number of benzene rings is 1. The van der Waals surface area contributed by atoms with E-state index >= 15 is 0 Å².